The van der Waals surface area contributed by atoms with Crippen molar-refractivity contribution in [3.63, 3.8) is 0 Å². The molecule has 0 atom stereocenters. The highest BCUT2D eigenvalue weighted by molar-refractivity contribution is 7.92. The van der Waals surface area contributed by atoms with Crippen molar-refractivity contribution in [2.24, 2.45) is 0 Å². The summed E-state index contributed by atoms with van der Waals surface area (Å²) >= 11 is 0. The zero-order valence-electron chi connectivity index (χ0n) is 24.0. The maximum Gasteiger partial charge on any atom is 0.229 e. The van der Waals surface area contributed by atoms with Gasteiger partial charge in [-0.25, -0.2) is 13.4 Å². The fourth-order valence-corrected chi connectivity index (χ4v) is 6.90. The van der Waals surface area contributed by atoms with E-state index in [1.165, 1.54) is 0 Å². The second-order valence-corrected chi connectivity index (χ2v) is 12.7. The average Bonchev–Trinajstić information content (AvgIpc) is 2.95. The van der Waals surface area contributed by atoms with Crippen LogP contribution in [-0.2, 0) is 9.84 Å². The van der Waals surface area contributed by atoms with Crippen molar-refractivity contribution in [3.05, 3.63) is 54.2 Å². The minimum absolute atomic E-state index is 0.321. The van der Waals surface area contributed by atoms with Gasteiger partial charge in [-0.15, -0.1) is 0 Å². The van der Waals surface area contributed by atoms with Gasteiger partial charge in [0.2, 0.25) is 5.95 Å². The van der Waals surface area contributed by atoms with E-state index in [4.69, 9.17) is 9.72 Å². The third-order valence-corrected chi connectivity index (χ3v) is 9.37. The highest BCUT2D eigenvalue weighted by Gasteiger charge is 2.30. The molecule has 0 aliphatic heterocycles. The number of aryl methyl sites for hydroxylation is 1. The Morgan fingerprint density at radius 3 is 2.55 bits per heavy atom. The van der Waals surface area contributed by atoms with Crippen LogP contribution in [0.25, 0.3) is 0 Å². The molecule has 1 saturated carbocycles. The van der Waals surface area contributed by atoms with E-state index < -0.39 is 9.84 Å². The molecule has 0 saturated heterocycles. The van der Waals surface area contributed by atoms with Crippen molar-refractivity contribution in [1.29, 1.82) is 0 Å². The van der Waals surface area contributed by atoms with Crippen LogP contribution in [0.3, 0.4) is 0 Å². The topological polar surface area (TPSA) is 108 Å². The summed E-state index contributed by atoms with van der Waals surface area (Å²) < 4.78 is 33.0. The molecule has 3 aromatic rings. The van der Waals surface area contributed by atoms with E-state index in [9.17, 15) is 8.42 Å². The van der Waals surface area contributed by atoms with E-state index in [1.54, 1.807) is 24.4 Å². The summed E-state index contributed by atoms with van der Waals surface area (Å²) in [6.45, 7) is 6.25. The molecule has 1 aromatic heterocycles. The number of anilines is 5. The normalized spacial score (nSPS) is 14.2. The number of hydrogen-bond acceptors (Lipinski definition) is 9. The summed E-state index contributed by atoms with van der Waals surface area (Å²) in [5.74, 6) is 1.62. The molecule has 216 valence electrons. The van der Waals surface area contributed by atoms with Gasteiger partial charge >= 0.3 is 0 Å². The minimum Gasteiger partial charge on any atom is -0.492 e. The lowest BCUT2D eigenvalue weighted by molar-refractivity contribution is 0.342. The SMILES string of the molecule is CCOc1cc(NCCCN(C)C)ccc1Nc1ncc(C)c(Nc2ccccc2S(=O)(=O)C2CCCCC2)n1. The van der Waals surface area contributed by atoms with E-state index in [0.29, 0.717) is 47.5 Å². The van der Waals surface area contributed by atoms with Crippen molar-refractivity contribution in [1.82, 2.24) is 14.9 Å². The van der Waals surface area contributed by atoms with E-state index in [0.717, 1.165) is 55.7 Å². The molecule has 10 heteroatoms. The first-order chi connectivity index (χ1) is 19.3. The Balaban J connectivity index is 1.53. The van der Waals surface area contributed by atoms with Gasteiger partial charge in [0.1, 0.15) is 11.6 Å². The van der Waals surface area contributed by atoms with E-state index in [1.807, 2.05) is 38.1 Å². The summed E-state index contributed by atoms with van der Waals surface area (Å²) in [4.78, 5) is 11.6. The third kappa shape index (κ3) is 7.63. The molecule has 1 aliphatic rings. The van der Waals surface area contributed by atoms with Crippen molar-refractivity contribution in [2.45, 2.75) is 62.5 Å². The number of ether oxygens (including phenoxy) is 1. The van der Waals surface area contributed by atoms with Gasteiger partial charge in [0.15, 0.2) is 9.84 Å². The fourth-order valence-electron chi connectivity index (χ4n) is 4.89. The third-order valence-electron chi connectivity index (χ3n) is 7.05. The molecule has 1 fully saturated rings. The standard InChI is InChI=1S/C30H42N6O3S/c1-5-39-27-20-23(31-18-11-19-36(3)4)16-17-25(27)34-30-32-21-22(2)29(35-30)33-26-14-9-10-15-28(26)40(37,38)24-12-7-6-8-13-24/h9-10,14-17,20-21,24,31H,5-8,11-13,18-19H2,1-4H3,(H2,32,33,34,35). The molecule has 0 bridgehead atoms. The van der Waals surface area contributed by atoms with Crippen LogP contribution in [0.2, 0.25) is 0 Å². The molecular formula is C30H42N6O3S. The molecule has 0 radical (unpaired) electrons. The van der Waals surface area contributed by atoms with Gasteiger partial charge in [0.05, 0.1) is 28.1 Å². The predicted molar refractivity (Wildman–Crippen MR) is 163 cm³/mol. The molecule has 0 spiro atoms. The Kier molecular flexibility index (Phi) is 10.2. The van der Waals surface area contributed by atoms with Crippen LogP contribution in [0, 0.1) is 6.92 Å². The van der Waals surface area contributed by atoms with E-state index >= 15 is 0 Å². The predicted octanol–water partition coefficient (Wildman–Crippen LogP) is 6.14. The van der Waals surface area contributed by atoms with Crippen molar-refractivity contribution in [3.8, 4) is 5.75 Å². The van der Waals surface area contributed by atoms with Gasteiger partial charge in [0.25, 0.3) is 0 Å². The zero-order chi connectivity index (χ0) is 28.5. The minimum atomic E-state index is -3.46. The Hall–Kier alpha value is -3.37. The molecule has 4 rings (SSSR count). The lowest BCUT2D eigenvalue weighted by Gasteiger charge is -2.23. The van der Waals surface area contributed by atoms with Gasteiger partial charge in [-0.3, -0.25) is 0 Å². The Bertz CT molecular complexity index is 1370. The number of aromatic nitrogens is 2. The molecular weight excluding hydrogens is 524 g/mol. The second kappa shape index (κ2) is 13.8. The van der Waals surface area contributed by atoms with Crippen LogP contribution >= 0.6 is 0 Å². The molecule has 0 amide bonds. The molecule has 3 N–H and O–H groups in total. The fraction of sp³-hybridized carbons (Fsp3) is 0.467. The smallest absolute Gasteiger partial charge is 0.229 e. The van der Waals surface area contributed by atoms with Gasteiger partial charge in [-0.05, 0) is 78.0 Å². The van der Waals surface area contributed by atoms with Crippen LogP contribution in [0.1, 0.15) is 51.0 Å². The number of para-hydroxylation sites is 1. The van der Waals surface area contributed by atoms with E-state index in [2.05, 4.69) is 39.9 Å². The summed E-state index contributed by atoms with van der Waals surface area (Å²) in [6, 6.07) is 13.0. The average molecular weight is 567 g/mol. The maximum atomic E-state index is 13.5. The van der Waals surface area contributed by atoms with Crippen LogP contribution < -0.4 is 20.7 Å². The van der Waals surface area contributed by atoms with Crippen LogP contribution in [0.5, 0.6) is 5.75 Å². The summed E-state index contributed by atoms with van der Waals surface area (Å²) in [7, 11) is 0.679. The first-order valence-corrected chi connectivity index (χ1v) is 15.7. The lowest BCUT2D eigenvalue weighted by Crippen LogP contribution is -2.24. The highest BCUT2D eigenvalue weighted by Crippen LogP contribution is 2.34. The molecule has 2 aromatic carbocycles. The summed E-state index contributed by atoms with van der Waals surface area (Å²) in [5.41, 5.74) is 3.06. The first kappa shape index (κ1) is 29.6. The number of nitrogens with zero attached hydrogens (tertiary/aromatic N) is 3. The highest BCUT2D eigenvalue weighted by atomic mass is 32.2. The number of rotatable bonds is 13. The summed E-state index contributed by atoms with van der Waals surface area (Å²) in [6.07, 6.45) is 7.19. The maximum absolute atomic E-state index is 13.5. The van der Waals surface area contributed by atoms with E-state index in [-0.39, 0.29) is 5.25 Å². The van der Waals surface area contributed by atoms with Crippen LogP contribution in [0.15, 0.2) is 53.6 Å². The largest absolute Gasteiger partial charge is 0.492 e. The van der Waals surface area contributed by atoms with Crippen LogP contribution in [0.4, 0.5) is 28.8 Å². The Morgan fingerprint density at radius 2 is 1.80 bits per heavy atom. The van der Waals surface area contributed by atoms with Crippen molar-refractivity contribution >= 4 is 38.7 Å². The van der Waals surface area contributed by atoms with Gasteiger partial charge in [-0.2, -0.15) is 4.98 Å². The molecule has 40 heavy (non-hydrogen) atoms. The Morgan fingerprint density at radius 1 is 1.02 bits per heavy atom. The molecule has 0 unspecified atom stereocenters. The van der Waals surface area contributed by atoms with Crippen molar-refractivity contribution < 1.29 is 13.2 Å². The molecule has 1 aliphatic carbocycles. The molecule has 1 heterocycles. The second-order valence-electron chi connectivity index (χ2n) is 10.5. The lowest BCUT2D eigenvalue weighted by atomic mass is 10.0. The first-order valence-electron chi connectivity index (χ1n) is 14.1. The molecule has 9 nitrogen and oxygen atoms in total. The van der Waals surface area contributed by atoms with Gasteiger partial charge in [0, 0.05) is 30.1 Å². The monoisotopic (exact) mass is 566 g/mol. The summed E-state index contributed by atoms with van der Waals surface area (Å²) in [5, 5.41) is 9.67. The van der Waals surface area contributed by atoms with Gasteiger partial charge < -0.3 is 25.6 Å². The number of hydrogen-bond donors (Lipinski definition) is 3. The quantitative estimate of drug-likeness (QED) is 0.210. The number of benzene rings is 2. The number of nitrogens with one attached hydrogen (secondary N) is 3. The van der Waals surface area contributed by atoms with Crippen molar-refractivity contribution in [2.75, 3.05) is 49.7 Å². The van der Waals surface area contributed by atoms with Gasteiger partial charge in [-0.1, -0.05) is 31.4 Å². The zero-order valence-corrected chi connectivity index (χ0v) is 24.9. The number of sulfone groups is 1. The van der Waals surface area contributed by atoms with Crippen LogP contribution in [-0.4, -0.2) is 62.3 Å². The Labute approximate surface area is 238 Å².